The van der Waals surface area contributed by atoms with Crippen LogP contribution in [0.2, 0.25) is 0 Å². The summed E-state index contributed by atoms with van der Waals surface area (Å²) in [6.45, 7) is 4.94. The van der Waals surface area contributed by atoms with Gasteiger partial charge in [0, 0.05) is 6.54 Å². The quantitative estimate of drug-likeness (QED) is 0.390. The van der Waals surface area contributed by atoms with Crippen molar-refractivity contribution in [3.8, 4) is 0 Å². The van der Waals surface area contributed by atoms with Gasteiger partial charge in [0.15, 0.2) is 0 Å². The number of methoxy groups -OCH3 is 1. The largest absolute Gasteiger partial charge is 0.464 e. The van der Waals surface area contributed by atoms with E-state index in [1.54, 1.807) is 0 Å². The highest BCUT2D eigenvalue weighted by molar-refractivity contribution is 5.87. The van der Waals surface area contributed by atoms with Crippen LogP contribution in [-0.4, -0.2) is 19.6 Å². The predicted molar refractivity (Wildman–Crippen MR) is 53.3 cm³/mol. The van der Waals surface area contributed by atoms with E-state index >= 15 is 0 Å². The highest BCUT2D eigenvalue weighted by Gasteiger charge is 2.06. The maximum absolute atomic E-state index is 11.1. The van der Waals surface area contributed by atoms with Crippen LogP contribution in [0, 0.1) is 0 Å². The molecule has 1 N–H and O–H groups in total. The lowest BCUT2D eigenvalue weighted by molar-refractivity contribution is -0.136. The third-order valence-corrected chi connectivity index (χ3v) is 1.66. The molecule has 0 spiro atoms. The van der Waals surface area contributed by atoms with Crippen LogP contribution in [0.4, 0.5) is 0 Å². The number of unbranched alkanes of at least 4 members (excludes halogenated alkanes) is 1. The Balaban J connectivity index is 3.96. The van der Waals surface area contributed by atoms with E-state index in [0.717, 1.165) is 25.8 Å². The fourth-order valence-corrected chi connectivity index (χ4v) is 0.942. The summed E-state index contributed by atoms with van der Waals surface area (Å²) in [5, 5.41) is 3.06. The van der Waals surface area contributed by atoms with Gasteiger partial charge in [-0.1, -0.05) is 26.3 Å². The number of carbonyl (C=O) groups is 1. The van der Waals surface area contributed by atoms with Crippen LogP contribution < -0.4 is 5.32 Å². The number of esters is 1. The third-order valence-electron chi connectivity index (χ3n) is 1.66. The first-order chi connectivity index (χ1) is 6.26. The number of carbonyl (C=O) groups excluding carboxylic acids is 1. The van der Waals surface area contributed by atoms with Crippen molar-refractivity contribution in [1.82, 2.24) is 5.32 Å². The Kier molecular flexibility index (Phi) is 7.07. The molecule has 3 nitrogen and oxygen atoms in total. The number of hydrogen-bond acceptors (Lipinski definition) is 3. The summed E-state index contributed by atoms with van der Waals surface area (Å²) in [7, 11) is 1.40. The van der Waals surface area contributed by atoms with Gasteiger partial charge in [-0.05, 0) is 12.8 Å². The number of ether oxygens (including phenoxy) is 1. The number of nitrogens with one attached hydrogen (secondary N) is 1. The van der Waals surface area contributed by atoms with Gasteiger partial charge in [-0.2, -0.15) is 0 Å². The Bertz CT molecular complexity index is 176. The molecule has 0 aliphatic heterocycles. The molecule has 0 aliphatic carbocycles. The molecule has 76 valence electrons. The zero-order chi connectivity index (χ0) is 10.1. The van der Waals surface area contributed by atoms with Crippen molar-refractivity contribution in [3.05, 3.63) is 11.8 Å². The molecule has 0 aromatic rings. The highest BCUT2D eigenvalue weighted by atomic mass is 16.5. The van der Waals surface area contributed by atoms with Crippen molar-refractivity contribution in [1.29, 1.82) is 0 Å². The summed E-state index contributed by atoms with van der Waals surface area (Å²) in [5.41, 5.74) is 0.582. The lowest BCUT2D eigenvalue weighted by Crippen LogP contribution is -2.22. The van der Waals surface area contributed by atoms with Crippen LogP contribution in [0.1, 0.15) is 33.1 Å². The molecule has 0 unspecified atom stereocenters. The monoisotopic (exact) mass is 185 g/mol. The van der Waals surface area contributed by atoms with E-state index in [1.165, 1.54) is 7.11 Å². The molecule has 0 bridgehead atoms. The Morgan fingerprint density at radius 3 is 2.62 bits per heavy atom. The zero-order valence-corrected chi connectivity index (χ0v) is 8.72. The molecule has 0 amide bonds. The number of rotatable bonds is 6. The molecule has 0 heterocycles. The molecule has 0 saturated carbocycles. The van der Waals surface area contributed by atoms with E-state index in [4.69, 9.17) is 0 Å². The molecule has 0 rings (SSSR count). The minimum absolute atomic E-state index is 0.280. The molecule has 0 aromatic carbocycles. The summed E-state index contributed by atoms with van der Waals surface area (Å²) in [6, 6.07) is 0. The van der Waals surface area contributed by atoms with Crippen LogP contribution in [0.25, 0.3) is 0 Å². The van der Waals surface area contributed by atoms with E-state index < -0.39 is 0 Å². The molecular formula is C10H19NO2. The molecule has 13 heavy (non-hydrogen) atoms. The normalized spacial score (nSPS) is 11.2. The van der Waals surface area contributed by atoms with Crippen LogP contribution in [-0.2, 0) is 9.53 Å². The minimum atomic E-state index is -0.280. The van der Waals surface area contributed by atoms with Gasteiger partial charge in [0.2, 0.25) is 0 Å². The molecule has 0 atom stereocenters. The first-order valence-electron chi connectivity index (χ1n) is 4.78. The Labute approximate surface area is 80.2 Å². The van der Waals surface area contributed by atoms with Gasteiger partial charge in [0.05, 0.1) is 7.11 Å². The van der Waals surface area contributed by atoms with Crippen molar-refractivity contribution in [2.75, 3.05) is 13.7 Å². The van der Waals surface area contributed by atoms with Crippen molar-refractivity contribution >= 4 is 5.97 Å². The Hall–Kier alpha value is -0.990. The van der Waals surface area contributed by atoms with E-state index in [0.29, 0.717) is 5.70 Å². The van der Waals surface area contributed by atoms with Crippen molar-refractivity contribution in [2.45, 2.75) is 33.1 Å². The third kappa shape index (κ3) is 5.28. The second-order valence-electron chi connectivity index (χ2n) is 2.80. The summed E-state index contributed by atoms with van der Waals surface area (Å²) >= 11 is 0. The molecule has 0 radical (unpaired) electrons. The van der Waals surface area contributed by atoms with E-state index in [-0.39, 0.29) is 5.97 Å². The van der Waals surface area contributed by atoms with E-state index in [9.17, 15) is 4.79 Å². The maximum Gasteiger partial charge on any atom is 0.353 e. The SMILES string of the molecule is CCC=C(NCCCC)C(=O)OC. The number of hydrogen-bond donors (Lipinski definition) is 1. The van der Waals surface area contributed by atoms with Crippen LogP contribution in [0.3, 0.4) is 0 Å². The standard InChI is InChI=1S/C10H19NO2/c1-4-6-8-11-9(7-5-2)10(12)13-3/h7,11H,4-6,8H2,1-3H3. The lowest BCUT2D eigenvalue weighted by atomic mass is 10.3. The average molecular weight is 185 g/mol. The molecular weight excluding hydrogens is 166 g/mol. The first kappa shape index (κ1) is 12.0. The Morgan fingerprint density at radius 2 is 2.15 bits per heavy atom. The van der Waals surface area contributed by atoms with Crippen molar-refractivity contribution < 1.29 is 9.53 Å². The summed E-state index contributed by atoms with van der Waals surface area (Å²) < 4.78 is 4.63. The van der Waals surface area contributed by atoms with Gasteiger partial charge in [-0.25, -0.2) is 4.79 Å². The zero-order valence-electron chi connectivity index (χ0n) is 8.72. The van der Waals surface area contributed by atoms with Crippen LogP contribution in [0.15, 0.2) is 11.8 Å². The first-order valence-corrected chi connectivity index (χ1v) is 4.78. The lowest BCUT2D eigenvalue weighted by Gasteiger charge is -2.07. The molecule has 0 aliphatic rings. The van der Waals surface area contributed by atoms with Gasteiger partial charge in [0.1, 0.15) is 5.70 Å². The molecule has 0 aromatic heterocycles. The van der Waals surface area contributed by atoms with Crippen LogP contribution >= 0.6 is 0 Å². The minimum Gasteiger partial charge on any atom is -0.464 e. The van der Waals surface area contributed by atoms with Crippen molar-refractivity contribution in [2.24, 2.45) is 0 Å². The van der Waals surface area contributed by atoms with E-state index in [1.807, 2.05) is 13.0 Å². The van der Waals surface area contributed by atoms with Crippen molar-refractivity contribution in [3.63, 3.8) is 0 Å². The molecule has 3 heteroatoms. The molecule has 0 fully saturated rings. The smallest absolute Gasteiger partial charge is 0.353 e. The fourth-order valence-electron chi connectivity index (χ4n) is 0.942. The average Bonchev–Trinajstić information content (AvgIpc) is 2.16. The van der Waals surface area contributed by atoms with Crippen LogP contribution in [0.5, 0.6) is 0 Å². The van der Waals surface area contributed by atoms with Gasteiger partial charge < -0.3 is 10.1 Å². The second kappa shape index (κ2) is 7.65. The summed E-state index contributed by atoms with van der Waals surface area (Å²) in [5.74, 6) is -0.280. The van der Waals surface area contributed by atoms with Gasteiger partial charge >= 0.3 is 5.97 Å². The predicted octanol–water partition coefficient (Wildman–Crippen LogP) is 1.84. The molecule has 0 saturated heterocycles. The highest BCUT2D eigenvalue weighted by Crippen LogP contribution is 1.96. The fraction of sp³-hybridized carbons (Fsp3) is 0.700. The number of allylic oxidation sites excluding steroid dienone is 1. The van der Waals surface area contributed by atoms with Gasteiger partial charge in [0.25, 0.3) is 0 Å². The Morgan fingerprint density at radius 1 is 1.46 bits per heavy atom. The van der Waals surface area contributed by atoms with Gasteiger partial charge in [-0.3, -0.25) is 0 Å². The van der Waals surface area contributed by atoms with E-state index in [2.05, 4.69) is 17.0 Å². The maximum atomic E-state index is 11.1. The topological polar surface area (TPSA) is 38.3 Å². The second-order valence-corrected chi connectivity index (χ2v) is 2.80. The van der Waals surface area contributed by atoms with Gasteiger partial charge in [-0.15, -0.1) is 0 Å². The summed E-state index contributed by atoms with van der Waals surface area (Å²) in [4.78, 5) is 11.1. The summed E-state index contributed by atoms with van der Waals surface area (Å²) in [6.07, 6.45) is 4.87.